The Morgan fingerprint density at radius 1 is 1.10 bits per heavy atom. The highest BCUT2D eigenvalue weighted by Gasteiger charge is 2.61. The third kappa shape index (κ3) is 2.97. The van der Waals surface area contributed by atoms with Crippen LogP contribution in [0.2, 0.25) is 0 Å². The molecule has 5 rings (SSSR count). The molecule has 1 aromatic rings. The molecule has 4 saturated carbocycles. The lowest BCUT2D eigenvalue weighted by Crippen LogP contribution is -2.54. The van der Waals surface area contributed by atoms with Crippen LogP contribution in [0.4, 0.5) is 0 Å². The topological polar surface area (TPSA) is 34.9 Å². The van der Waals surface area contributed by atoms with Crippen LogP contribution in [0.5, 0.6) is 0 Å². The molecule has 3 heteroatoms. The Labute approximate surface area is 177 Å². The smallest absolute Gasteiger partial charge is 0.157 e. The molecule has 3 nitrogen and oxygen atoms in total. The van der Waals surface area contributed by atoms with E-state index < -0.39 is 0 Å². The summed E-state index contributed by atoms with van der Waals surface area (Å²) in [7, 11) is 0. The number of ketones is 1. The highest BCUT2D eigenvalue weighted by molar-refractivity contribution is 5.82. The van der Waals surface area contributed by atoms with E-state index in [1.807, 2.05) is 16.9 Å². The number of carbonyl (C=O) groups is 1. The van der Waals surface area contributed by atoms with Crippen molar-refractivity contribution in [2.24, 2.45) is 46.3 Å². The molecule has 0 radical (unpaired) electrons. The number of fused-ring (bicyclic) bond motifs is 5. The normalized spacial score (nSPS) is 46.6. The third-order valence-electron chi connectivity index (χ3n) is 10.6. The summed E-state index contributed by atoms with van der Waals surface area (Å²) in [5.74, 6) is 5.16. The lowest BCUT2D eigenvalue weighted by atomic mass is 9.43. The molecule has 0 aromatic carbocycles. The van der Waals surface area contributed by atoms with Gasteiger partial charge in [0.2, 0.25) is 0 Å². The highest BCUT2D eigenvalue weighted by Crippen LogP contribution is 2.68. The fourth-order valence-electron chi connectivity index (χ4n) is 9.17. The first-order valence-electron chi connectivity index (χ1n) is 12.5. The summed E-state index contributed by atoms with van der Waals surface area (Å²) in [6, 6.07) is 1.92. The molecular formula is C26H40N2O. The van der Waals surface area contributed by atoms with Gasteiger partial charge >= 0.3 is 0 Å². The molecule has 29 heavy (non-hydrogen) atoms. The maximum Gasteiger partial charge on any atom is 0.157 e. The van der Waals surface area contributed by atoms with E-state index in [1.54, 1.807) is 6.20 Å². The fourth-order valence-corrected chi connectivity index (χ4v) is 9.17. The molecule has 1 aromatic heterocycles. The largest absolute Gasteiger partial charge is 0.297 e. The van der Waals surface area contributed by atoms with Gasteiger partial charge in [-0.05, 0) is 104 Å². The molecule has 0 saturated heterocycles. The van der Waals surface area contributed by atoms with Gasteiger partial charge in [0.05, 0.1) is 6.54 Å². The Morgan fingerprint density at radius 2 is 1.97 bits per heavy atom. The van der Waals surface area contributed by atoms with Crippen molar-refractivity contribution in [2.45, 2.75) is 91.5 Å². The summed E-state index contributed by atoms with van der Waals surface area (Å²) in [4.78, 5) is 13.3. The maximum absolute atomic E-state index is 13.3. The summed E-state index contributed by atoms with van der Waals surface area (Å²) >= 11 is 0. The summed E-state index contributed by atoms with van der Waals surface area (Å²) in [5.41, 5.74) is 0.850. The molecule has 4 aliphatic carbocycles. The molecule has 1 heterocycles. The fraction of sp³-hybridized carbons (Fsp3) is 0.846. The number of carbonyl (C=O) groups excluding carboxylic acids is 1. The second kappa shape index (κ2) is 7.24. The molecule has 0 spiro atoms. The Morgan fingerprint density at radius 3 is 2.72 bits per heavy atom. The Balaban J connectivity index is 1.38. The van der Waals surface area contributed by atoms with Crippen LogP contribution in [-0.2, 0) is 11.3 Å². The van der Waals surface area contributed by atoms with Crippen molar-refractivity contribution in [1.29, 1.82) is 0 Å². The molecule has 0 amide bonds. The van der Waals surface area contributed by atoms with E-state index in [1.165, 1.54) is 57.8 Å². The first kappa shape index (κ1) is 19.8. The van der Waals surface area contributed by atoms with Crippen LogP contribution in [0.15, 0.2) is 18.5 Å². The van der Waals surface area contributed by atoms with Gasteiger partial charge in [-0.2, -0.15) is 5.10 Å². The van der Waals surface area contributed by atoms with Gasteiger partial charge in [0.1, 0.15) is 0 Å². The van der Waals surface area contributed by atoms with Crippen LogP contribution >= 0.6 is 0 Å². The number of aromatic nitrogens is 2. The van der Waals surface area contributed by atoms with Crippen LogP contribution < -0.4 is 0 Å². The van der Waals surface area contributed by atoms with Crippen molar-refractivity contribution >= 4 is 5.78 Å². The molecule has 0 N–H and O–H groups in total. The van der Waals surface area contributed by atoms with Crippen LogP contribution in [0.3, 0.4) is 0 Å². The quantitative estimate of drug-likeness (QED) is 0.613. The van der Waals surface area contributed by atoms with Gasteiger partial charge in [-0.1, -0.05) is 27.2 Å². The molecule has 8 atom stereocenters. The van der Waals surface area contributed by atoms with Crippen molar-refractivity contribution in [2.75, 3.05) is 0 Å². The van der Waals surface area contributed by atoms with Gasteiger partial charge in [-0.25, -0.2) is 0 Å². The summed E-state index contributed by atoms with van der Waals surface area (Å²) in [6.07, 6.45) is 17.4. The average Bonchev–Trinajstić information content (AvgIpc) is 3.34. The van der Waals surface area contributed by atoms with E-state index in [4.69, 9.17) is 0 Å². The second-order valence-corrected chi connectivity index (χ2v) is 11.5. The van der Waals surface area contributed by atoms with Gasteiger partial charge in [-0.3, -0.25) is 9.48 Å². The Hall–Kier alpha value is -1.12. The zero-order valence-corrected chi connectivity index (χ0v) is 18.8. The van der Waals surface area contributed by atoms with E-state index in [0.29, 0.717) is 17.7 Å². The molecule has 0 aliphatic heterocycles. The van der Waals surface area contributed by atoms with Gasteiger partial charge in [0, 0.05) is 18.3 Å². The standard InChI is InChI=1S/C26H40N2O/c1-4-26-13-10-18(2)16-19(26)6-7-20-21-8-9-23(25(21,3)12-11-22(20)26)24(29)17-28-15-5-14-27-28/h5,14-15,18-23H,4,6-13,16-17H2,1-3H3. The van der Waals surface area contributed by atoms with Crippen LogP contribution in [-0.4, -0.2) is 15.6 Å². The molecule has 0 bridgehead atoms. The van der Waals surface area contributed by atoms with E-state index >= 15 is 0 Å². The van der Waals surface area contributed by atoms with Gasteiger partial charge < -0.3 is 0 Å². The molecule has 4 aliphatic rings. The summed E-state index contributed by atoms with van der Waals surface area (Å²) in [5, 5.41) is 4.29. The zero-order chi connectivity index (χ0) is 20.2. The highest BCUT2D eigenvalue weighted by atomic mass is 16.1. The Kier molecular flexibility index (Phi) is 4.95. The van der Waals surface area contributed by atoms with Crippen molar-refractivity contribution < 1.29 is 4.79 Å². The van der Waals surface area contributed by atoms with E-state index in [-0.39, 0.29) is 11.3 Å². The summed E-state index contributed by atoms with van der Waals surface area (Å²) < 4.78 is 1.82. The molecule has 160 valence electrons. The third-order valence-corrected chi connectivity index (χ3v) is 10.6. The minimum Gasteiger partial charge on any atom is -0.297 e. The van der Waals surface area contributed by atoms with Crippen molar-refractivity contribution in [3.05, 3.63) is 18.5 Å². The molecular weight excluding hydrogens is 356 g/mol. The number of hydrogen-bond acceptors (Lipinski definition) is 2. The van der Waals surface area contributed by atoms with Gasteiger partial charge in [-0.15, -0.1) is 0 Å². The summed E-state index contributed by atoms with van der Waals surface area (Å²) in [6.45, 7) is 7.92. The van der Waals surface area contributed by atoms with Crippen LogP contribution in [0.1, 0.15) is 85.0 Å². The van der Waals surface area contributed by atoms with Gasteiger partial charge in [0.25, 0.3) is 0 Å². The van der Waals surface area contributed by atoms with Crippen molar-refractivity contribution in [3.8, 4) is 0 Å². The lowest BCUT2D eigenvalue weighted by molar-refractivity contribution is -0.141. The minimum atomic E-state index is 0.231. The number of hydrogen-bond donors (Lipinski definition) is 0. The maximum atomic E-state index is 13.3. The average molecular weight is 397 g/mol. The van der Waals surface area contributed by atoms with E-state index in [0.717, 1.165) is 36.0 Å². The lowest BCUT2D eigenvalue weighted by Gasteiger charge is -2.62. The SMILES string of the molecule is CCC12CCC(C)CC1CCC1C3CCC(C(=O)Cn4cccn4)C3(C)CCC12. The monoisotopic (exact) mass is 396 g/mol. The molecule has 4 fully saturated rings. The van der Waals surface area contributed by atoms with Gasteiger partial charge in [0.15, 0.2) is 5.78 Å². The second-order valence-electron chi connectivity index (χ2n) is 11.5. The number of rotatable bonds is 4. The van der Waals surface area contributed by atoms with Crippen molar-refractivity contribution in [1.82, 2.24) is 9.78 Å². The number of nitrogens with zero attached hydrogens (tertiary/aromatic N) is 2. The van der Waals surface area contributed by atoms with Crippen LogP contribution in [0.25, 0.3) is 0 Å². The van der Waals surface area contributed by atoms with E-state index in [2.05, 4.69) is 25.9 Å². The Bertz CT molecular complexity index is 742. The van der Waals surface area contributed by atoms with E-state index in [9.17, 15) is 4.79 Å². The predicted molar refractivity (Wildman–Crippen MR) is 116 cm³/mol. The first-order chi connectivity index (χ1) is 14.0. The van der Waals surface area contributed by atoms with Crippen molar-refractivity contribution in [3.63, 3.8) is 0 Å². The molecule has 8 unspecified atom stereocenters. The first-order valence-corrected chi connectivity index (χ1v) is 12.5. The minimum absolute atomic E-state index is 0.231. The number of Topliss-reactive ketones (excluding diaryl/α,β-unsaturated/α-hetero) is 1. The van der Waals surface area contributed by atoms with Crippen LogP contribution in [0, 0.1) is 46.3 Å². The predicted octanol–water partition coefficient (Wildman–Crippen LogP) is 6.14. The zero-order valence-electron chi connectivity index (χ0n) is 18.8.